The Balaban J connectivity index is 1.48. The summed E-state index contributed by atoms with van der Waals surface area (Å²) >= 11 is 0. The molecule has 0 spiro atoms. The summed E-state index contributed by atoms with van der Waals surface area (Å²) in [7, 11) is 0. The number of hydrogen-bond donors (Lipinski definition) is 4. The van der Waals surface area contributed by atoms with Crippen molar-refractivity contribution in [2.75, 3.05) is 10.6 Å². The number of H-pyrrole nitrogens is 1. The molecule has 2 aromatic carbocycles. The zero-order valence-corrected chi connectivity index (χ0v) is 14.7. The van der Waals surface area contributed by atoms with Crippen molar-refractivity contribution in [3.05, 3.63) is 83.7 Å². The predicted molar refractivity (Wildman–Crippen MR) is 107 cm³/mol. The fraction of sp³-hybridized carbons (Fsp3) is 0. The number of anilines is 2. The molecule has 1 aromatic heterocycles. The Morgan fingerprint density at radius 1 is 0.964 bits per heavy atom. The van der Waals surface area contributed by atoms with Crippen LogP contribution in [0.25, 0.3) is 11.6 Å². The highest BCUT2D eigenvalue weighted by atomic mass is 16.2. The minimum Gasteiger partial charge on any atom is -0.362 e. The van der Waals surface area contributed by atoms with Crippen molar-refractivity contribution in [3.63, 3.8) is 0 Å². The number of carbonyl (C=O) groups is 3. The monoisotopic (exact) mass is 372 g/mol. The van der Waals surface area contributed by atoms with Crippen LogP contribution in [0.4, 0.5) is 16.2 Å². The van der Waals surface area contributed by atoms with E-state index < -0.39 is 11.9 Å². The van der Waals surface area contributed by atoms with Crippen LogP contribution in [-0.2, 0) is 4.79 Å². The third-order valence-electron chi connectivity index (χ3n) is 4.25. The van der Waals surface area contributed by atoms with Gasteiger partial charge >= 0.3 is 6.03 Å². The summed E-state index contributed by atoms with van der Waals surface area (Å²) < 4.78 is 0. The van der Waals surface area contributed by atoms with E-state index in [1.165, 1.54) is 0 Å². The number of nitrogens with one attached hydrogen (secondary N) is 4. The lowest BCUT2D eigenvalue weighted by Gasteiger charge is -2.08. The Morgan fingerprint density at radius 3 is 2.54 bits per heavy atom. The van der Waals surface area contributed by atoms with Crippen LogP contribution in [0, 0.1) is 0 Å². The maximum Gasteiger partial charge on any atom is 0.326 e. The molecule has 4 N–H and O–H groups in total. The number of carbonyl (C=O) groups excluding carboxylic acids is 3. The molecule has 0 saturated heterocycles. The molecule has 2 heterocycles. The van der Waals surface area contributed by atoms with Crippen LogP contribution in [0.1, 0.15) is 21.6 Å². The van der Waals surface area contributed by atoms with E-state index in [4.69, 9.17) is 0 Å². The predicted octanol–water partition coefficient (Wildman–Crippen LogP) is 3.47. The summed E-state index contributed by atoms with van der Waals surface area (Å²) in [6.07, 6.45) is 3.54. The minimum atomic E-state index is -0.653. The minimum absolute atomic E-state index is 0.217. The molecule has 0 saturated carbocycles. The highest BCUT2D eigenvalue weighted by Gasteiger charge is 2.24. The van der Waals surface area contributed by atoms with E-state index in [-0.39, 0.29) is 5.91 Å². The van der Waals surface area contributed by atoms with Crippen molar-refractivity contribution in [2.45, 2.75) is 0 Å². The normalized spacial score (nSPS) is 13.7. The van der Waals surface area contributed by atoms with Gasteiger partial charge in [0.05, 0.1) is 11.3 Å². The Labute approximate surface area is 160 Å². The Morgan fingerprint density at radius 2 is 1.79 bits per heavy atom. The van der Waals surface area contributed by atoms with Gasteiger partial charge in [-0.2, -0.15) is 0 Å². The largest absolute Gasteiger partial charge is 0.362 e. The summed E-state index contributed by atoms with van der Waals surface area (Å²) in [6.45, 7) is 0. The number of hydrogen-bond acceptors (Lipinski definition) is 3. The maximum absolute atomic E-state index is 12.3. The Bertz CT molecular complexity index is 1090. The SMILES string of the molecule is O=C(NC(=O)c1ccccc1)Nc1ccc2c(c1)NC(=O)C2=Cc1ccc[nH]1. The van der Waals surface area contributed by atoms with Gasteiger partial charge in [0.25, 0.3) is 11.8 Å². The topological polar surface area (TPSA) is 103 Å². The fourth-order valence-corrected chi connectivity index (χ4v) is 2.93. The van der Waals surface area contributed by atoms with Crippen LogP contribution < -0.4 is 16.0 Å². The molecule has 4 rings (SSSR count). The van der Waals surface area contributed by atoms with Gasteiger partial charge < -0.3 is 15.6 Å². The molecule has 0 aliphatic carbocycles. The summed E-state index contributed by atoms with van der Waals surface area (Å²) in [5.74, 6) is -0.714. The smallest absolute Gasteiger partial charge is 0.326 e. The molecule has 138 valence electrons. The number of imide groups is 1. The van der Waals surface area contributed by atoms with Crippen LogP contribution in [-0.4, -0.2) is 22.8 Å². The lowest BCUT2D eigenvalue weighted by atomic mass is 10.1. The molecule has 0 atom stereocenters. The standard InChI is InChI=1S/C21H16N4O3/c26-19(13-5-2-1-3-6-13)25-21(28)23-15-8-9-16-17(11-14-7-4-10-22-14)20(27)24-18(16)12-15/h1-12,22H,(H,24,27)(H2,23,25,26,28). The molecule has 0 bridgehead atoms. The van der Waals surface area contributed by atoms with E-state index in [0.717, 1.165) is 11.3 Å². The zero-order chi connectivity index (χ0) is 19.5. The number of urea groups is 1. The summed E-state index contributed by atoms with van der Waals surface area (Å²) in [4.78, 5) is 39.4. The molecule has 3 aromatic rings. The zero-order valence-electron chi connectivity index (χ0n) is 14.7. The Kier molecular flexibility index (Phi) is 4.47. The average molecular weight is 372 g/mol. The first-order chi connectivity index (χ1) is 13.6. The molecule has 0 fully saturated rings. The quantitative estimate of drug-likeness (QED) is 0.529. The van der Waals surface area contributed by atoms with E-state index in [1.807, 2.05) is 12.1 Å². The first-order valence-electron chi connectivity index (χ1n) is 8.58. The van der Waals surface area contributed by atoms with Crippen molar-refractivity contribution >= 4 is 40.9 Å². The fourth-order valence-electron chi connectivity index (χ4n) is 2.93. The molecular weight excluding hydrogens is 356 g/mol. The molecule has 0 radical (unpaired) electrons. The van der Waals surface area contributed by atoms with Crippen molar-refractivity contribution in [1.29, 1.82) is 0 Å². The van der Waals surface area contributed by atoms with Crippen LogP contribution in [0.5, 0.6) is 0 Å². The highest BCUT2D eigenvalue weighted by Crippen LogP contribution is 2.34. The van der Waals surface area contributed by atoms with Gasteiger partial charge in [0, 0.05) is 28.7 Å². The Hall–Kier alpha value is -4.13. The van der Waals surface area contributed by atoms with Crippen LogP contribution in [0.2, 0.25) is 0 Å². The van der Waals surface area contributed by atoms with E-state index in [1.54, 1.807) is 60.8 Å². The molecule has 1 aliphatic rings. The first kappa shape index (κ1) is 17.3. The van der Waals surface area contributed by atoms with E-state index in [2.05, 4.69) is 20.9 Å². The van der Waals surface area contributed by atoms with E-state index in [0.29, 0.717) is 22.5 Å². The van der Waals surface area contributed by atoms with Gasteiger partial charge in [-0.25, -0.2) is 4.79 Å². The van der Waals surface area contributed by atoms with Crippen LogP contribution in [0.15, 0.2) is 66.9 Å². The van der Waals surface area contributed by atoms with Crippen molar-refractivity contribution in [2.24, 2.45) is 0 Å². The lowest BCUT2D eigenvalue weighted by molar-refractivity contribution is -0.110. The van der Waals surface area contributed by atoms with Crippen molar-refractivity contribution in [1.82, 2.24) is 10.3 Å². The molecular formula is C21H16N4O3. The third-order valence-corrected chi connectivity index (χ3v) is 4.25. The van der Waals surface area contributed by atoms with E-state index >= 15 is 0 Å². The number of fused-ring (bicyclic) bond motifs is 1. The number of rotatable bonds is 3. The number of aromatic amines is 1. The molecule has 7 heteroatoms. The van der Waals surface area contributed by atoms with Crippen molar-refractivity contribution in [3.8, 4) is 0 Å². The number of benzene rings is 2. The van der Waals surface area contributed by atoms with Gasteiger partial charge in [0.1, 0.15) is 0 Å². The molecule has 7 nitrogen and oxygen atoms in total. The van der Waals surface area contributed by atoms with Crippen LogP contribution in [0.3, 0.4) is 0 Å². The second-order valence-corrected chi connectivity index (χ2v) is 6.17. The average Bonchev–Trinajstić information content (AvgIpc) is 3.30. The third kappa shape index (κ3) is 3.54. The summed E-state index contributed by atoms with van der Waals surface area (Å²) in [5, 5.41) is 7.65. The molecule has 4 amide bonds. The van der Waals surface area contributed by atoms with Gasteiger partial charge in [-0.1, -0.05) is 24.3 Å². The lowest BCUT2D eigenvalue weighted by Crippen LogP contribution is -2.34. The van der Waals surface area contributed by atoms with Gasteiger partial charge in [-0.15, -0.1) is 0 Å². The van der Waals surface area contributed by atoms with Gasteiger partial charge in [0.2, 0.25) is 0 Å². The second kappa shape index (κ2) is 7.24. The highest BCUT2D eigenvalue weighted by molar-refractivity contribution is 6.35. The first-order valence-corrected chi connectivity index (χ1v) is 8.58. The summed E-state index contributed by atoms with van der Waals surface area (Å²) in [5.41, 5.74) is 3.53. The number of amides is 4. The summed E-state index contributed by atoms with van der Waals surface area (Å²) in [6, 6.07) is 16.6. The molecule has 1 aliphatic heterocycles. The number of aromatic nitrogens is 1. The van der Waals surface area contributed by atoms with Gasteiger partial charge in [-0.3, -0.25) is 14.9 Å². The maximum atomic E-state index is 12.3. The van der Waals surface area contributed by atoms with Gasteiger partial charge in [0.15, 0.2) is 0 Å². The van der Waals surface area contributed by atoms with Gasteiger partial charge in [-0.05, 0) is 42.5 Å². The molecule has 28 heavy (non-hydrogen) atoms. The van der Waals surface area contributed by atoms with E-state index in [9.17, 15) is 14.4 Å². The van der Waals surface area contributed by atoms with Crippen LogP contribution >= 0.6 is 0 Å². The molecule has 0 unspecified atom stereocenters. The van der Waals surface area contributed by atoms with Crippen molar-refractivity contribution < 1.29 is 14.4 Å². The second-order valence-electron chi connectivity index (χ2n) is 6.17.